The molecule has 2 rings (SSSR count). The molecule has 0 atom stereocenters. The predicted octanol–water partition coefficient (Wildman–Crippen LogP) is 2.57. The number of nitrogens with zero attached hydrogens (tertiary/aromatic N) is 2. The zero-order valence-electron chi connectivity index (χ0n) is 9.34. The second kappa shape index (κ2) is 5.66. The summed E-state index contributed by atoms with van der Waals surface area (Å²) in [6.07, 6.45) is 2.43. The molecule has 0 saturated carbocycles. The van der Waals surface area contributed by atoms with Gasteiger partial charge in [0.05, 0.1) is 6.61 Å². The van der Waals surface area contributed by atoms with E-state index in [0.717, 1.165) is 6.42 Å². The molecule has 3 heteroatoms. The van der Waals surface area contributed by atoms with Gasteiger partial charge in [-0.3, -0.25) is 0 Å². The minimum absolute atomic E-state index is 0.377. The van der Waals surface area contributed by atoms with Crippen molar-refractivity contribution in [1.29, 1.82) is 5.26 Å². The summed E-state index contributed by atoms with van der Waals surface area (Å²) in [5, 5.41) is 8.70. The quantitative estimate of drug-likeness (QED) is 0.801. The van der Waals surface area contributed by atoms with Crippen LogP contribution in [0.2, 0.25) is 0 Å². The summed E-state index contributed by atoms with van der Waals surface area (Å²) in [4.78, 5) is 3.88. The zero-order valence-corrected chi connectivity index (χ0v) is 9.34. The van der Waals surface area contributed by atoms with Crippen molar-refractivity contribution < 1.29 is 4.74 Å². The monoisotopic (exact) mass is 224 g/mol. The van der Waals surface area contributed by atoms with Crippen LogP contribution in [-0.4, -0.2) is 11.6 Å². The normalized spacial score (nSPS) is 9.59. The van der Waals surface area contributed by atoms with Gasteiger partial charge in [0.15, 0.2) is 0 Å². The third kappa shape index (κ3) is 3.32. The van der Waals surface area contributed by atoms with Crippen molar-refractivity contribution >= 4 is 0 Å². The van der Waals surface area contributed by atoms with Crippen LogP contribution in [0.25, 0.3) is 0 Å². The van der Waals surface area contributed by atoms with E-state index in [2.05, 4.69) is 17.1 Å². The predicted molar refractivity (Wildman–Crippen MR) is 64.6 cm³/mol. The highest BCUT2D eigenvalue weighted by Crippen LogP contribution is 2.11. The van der Waals surface area contributed by atoms with Crippen molar-refractivity contribution in [2.75, 3.05) is 6.61 Å². The Bertz CT molecular complexity index is 517. The number of ether oxygens (including phenoxy) is 1. The van der Waals surface area contributed by atoms with Gasteiger partial charge in [-0.1, -0.05) is 30.3 Å². The van der Waals surface area contributed by atoms with Crippen LogP contribution in [0.3, 0.4) is 0 Å². The first-order chi connectivity index (χ1) is 8.38. The summed E-state index contributed by atoms with van der Waals surface area (Å²) in [6.45, 7) is 0.596. The Labute approximate surface area is 100 Å². The van der Waals surface area contributed by atoms with Gasteiger partial charge < -0.3 is 4.74 Å². The summed E-state index contributed by atoms with van der Waals surface area (Å²) < 4.78 is 5.56. The Hall–Kier alpha value is -2.34. The van der Waals surface area contributed by atoms with Crippen molar-refractivity contribution in [2.45, 2.75) is 6.42 Å². The molecule has 1 aromatic heterocycles. The maximum atomic E-state index is 8.70. The van der Waals surface area contributed by atoms with E-state index in [0.29, 0.717) is 18.1 Å². The molecular weight excluding hydrogens is 212 g/mol. The SMILES string of the molecule is N#Cc1cc(OCCc2ccccc2)ccn1. The Morgan fingerprint density at radius 3 is 2.76 bits per heavy atom. The molecule has 0 fully saturated rings. The minimum Gasteiger partial charge on any atom is -0.493 e. The molecule has 0 amide bonds. The van der Waals surface area contributed by atoms with Gasteiger partial charge >= 0.3 is 0 Å². The highest BCUT2D eigenvalue weighted by Gasteiger charge is 1.97. The van der Waals surface area contributed by atoms with Gasteiger partial charge in [-0.2, -0.15) is 5.26 Å². The number of hydrogen-bond acceptors (Lipinski definition) is 3. The number of aromatic nitrogens is 1. The average Bonchev–Trinajstić information content (AvgIpc) is 2.40. The molecule has 17 heavy (non-hydrogen) atoms. The van der Waals surface area contributed by atoms with Crippen LogP contribution in [0.15, 0.2) is 48.7 Å². The number of nitriles is 1. The molecule has 0 radical (unpaired) electrons. The average molecular weight is 224 g/mol. The summed E-state index contributed by atoms with van der Waals surface area (Å²) >= 11 is 0. The fourth-order valence-corrected chi connectivity index (χ4v) is 1.49. The third-order valence-corrected chi connectivity index (χ3v) is 2.35. The van der Waals surface area contributed by atoms with Crippen molar-refractivity contribution in [3.63, 3.8) is 0 Å². The summed E-state index contributed by atoms with van der Waals surface area (Å²) in [5.41, 5.74) is 1.62. The third-order valence-electron chi connectivity index (χ3n) is 2.35. The van der Waals surface area contributed by atoms with Crippen LogP contribution in [0, 0.1) is 11.3 Å². The van der Waals surface area contributed by atoms with Crippen molar-refractivity contribution in [3.05, 3.63) is 59.9 Å². The lowest BCUT2D eigenvalue weighted by atomic mass is 10.2. The van der Waals surface area contributed by atoms with Gasteiger partial charge in [0.25, 0.3) is 0 Å². The van der Waals surface area contributed by atoms with Crippen LogP contribution in [-0.2, 0) is 6.42 Å². The zero-order chi connectivity index (χ0) is 11.9. The largest absolute Gasteiger partial charge is 0.493 e. The molecule has 0 aliphatic heterocycles. The summed E-state index contributed by atoms with van der Waals surface area (Å²) in [7, 11) is 0. The first-order valence-corrected chi connectivity index (χ1v) is 5.41. The smallest absolute Gasteiger partial charge is 0.144 e. The lowest BCUT2D eigenvalue weighted by molar-refractivity contribution is 0.321. The lowest BCUT2D eigenvalue weighted by Crippen LogP contribution is -2.01. The van der Waals surface area contributed by atoms with Crippen LogP contribution < -0.4 is 4.74 Å². The standard InChI is InChI=1S/C14H12N2O/c15-11-13-10-14(6-8-16-13)17-9-7-12-4-2-1-3-5-12/h1-6,8,10H,7,9H2. The number of hydrogen-bond donors (Lipinski definition) is 0. The second-order valence-corrected chi connectivity index (χ2v) is 3.57. The first-order valence-electron chi connectivity index (χ1n) is 5.41. The molecule has 84 valence electrons. The highest BCUT2D eigenvalue weighted by molar-refractivity contribution is 5.29. The highest BCUT2D eigenvalue weighted by atomic mass is 16.5. The molecule has 0 aliphatic rings. The lowest BCUT2D eigenvalue weighted by Gasteiger charge is -2.05. The maximum absolute atomic E-state index is 8.70. The Morgan fingerprint density at radius 1 is 1.18 bits per heavy atom. The molecular formula is C14H12N2O. The second-order valence-electron chi connectivity index (χ2n) is 3.57. The van der Waals surface area contributed by atoms with Gasteiger partial charge in [-0.25, -0.2) is 4.98 Å². The van der Waals surface area contributed by atoms with Crippen LogP contribution in [0.1, 0.15) is 11.3 Å². The van der Waals surface area contributed by atoms with E-state index >= 15 is 0 Å². The fourth-order valence-electron chi connectivity index (χ4n) is 1.49. The van der Waals surface area contributed by atoms with E-state index in [1.165, 1.54) is 5.56 Å². The Morgan fingerprint density at radius 2 is 2.00 bits per heavy atom. The minimum atomic E-state index is 0.377. The van der Waals surface area contributed by atoms with Crippen molar-refractivity contribution in [3.8, 4) is 11.8 Å². The van der Waals surface area contributed by atoms with E-state index in [4.69, 9.17) is 10.00 Å². The summed E-state index contributed by atoms with van der Waals surface area (Å²) in [5.74, 6) is 0.687. The van der Waals surface area contributed by atoms with E-state index in [9.17, 15) is 0 Å². The van der Waals surface area contributed by atoms with Gasteiger partial charge in [0, 0.05) is 18.7 Å². The van der Waals surface area contributed by atoms with E-state index < -0.39 is 0 Å². The topological polar surface area (TPSA) is 45.9 Å². The molecule has 0 aliphatic carbocycles. The first kappa shape index (κ1) is 11.2. The maximum Gasteiger partial charge on any atom is 0.144 e. The molecule has 0 saturated heterocycles. The molecule has 0 unspecified atom stereocenters. The molecule has 0 bridgehead atoms. The Balaban J connectivity index is 1.88. The fraction of sp³-hybridized carbons (Fsp3) is 0.143. The van der Waals surface area contributed by atoms with Crippen LogP contribution in [0.5, 0.6) is 5.75 Å². The van der Waals surface area contributed by atoms with Crippen molar-refractivity contribution in [2.24, 2.45) is 0 Å². The number of benzene rings is 1. The van der Waals surface area contributed by atoms with Gasteiger partial charge in [-0.05, 0) is 11.6 Å². The van der Waals surface area contributed by atoms with Gasteiger partial charge in [0.1, 0.15) is 17.5 Å². The van der Waals surface area contributed by atoms with Crippen LogP contribution in [0.4, 0.5) is 0 Å². The molecule has 0 N–H and O–H groups in total. The van der Waals surface area contributed by atoms with E-state index in [-0.39, 0.29) is 0 Å². The number of pyridine rings is 1. The molecule has 0 spiro atoms. The Kier molecular flexibility index (Phi) is 3.72. The van der Waals surface area contributed by atoms with Gasteiger partial charge in [-0.15, -0.1) is 0 Å². The van der Waals surface area contributed by atoms with E-state index in [1.54, 1.807) is 18.3 Å². The van der Waals surface area contributed by atoms with E-state index in [1.807, 2.05) is 24.3 Å². The van der Waals surface area contributed by atoms with Crippen molar-refractivity contribution in [1.82, 2.24) is 4.98 Å². The molecule has 1 aromatic carbocycles. The van der Waals surface area contributed by atoms with Crippen LogP contribution >= 0.6 is 0 Å². The van der Waals surface area contributed by atoms with Gasteiger partial charge in [0.2, 0.25) is 0 Å². The number of rotatable bonds is 4. The molecule has 2 aromatic rings. The molecule has 1 heterocycles. The molecule has 3 nitrogen and oxygen atoms in total. The summed E-state index contributed by atoms with van der Waals surface area (Å²) in [6, 6.07) is 15.5.